The molecular formula is C16H25ClN2O2. The topological polar surface area (TPSA) is 55.6 Å². The van der Waals surface area contributed by atoms with Crippen LogP contribution in [0, 0.1) is 5.92 Å². The molecule has 0 aromatic heterocycles. The second-order valence-electron chi connectivity index (χ2n) is 5.91. The van der Waals surface area contributed by atoms with Crippen molar-refractivity contribution >= 4 is 18.3 Å². The molecule has 2 rings (SSSR count). The van der Waals surface area contributed by atoms with Gasteiger partial charge in [-0.15, -0.1) is 12.4 Å². The van der Waals surface area contributed by atoms with Gasteiger partial charge in [0.1, 0.15) is 5.75 Å². The molecule has 1 saturated heterocycles. The highest BCUT2D eigenvalue weighted by Crippen LogP contribution is 2.15. The van der Waals surface area contributed by atoms with Crippen molar-refractivity contribution in [3.8, 4) is 5.75 Å². The van der Waals surface area contributed by atoms with Crippen LogP contribution in [0.1, 0.15) is 25.8 Å². The minimum atomic E-state index is 0. The van der Waals surface area contributed by atoms with Gasteiger partial charge in [-0.05, 0) is 30.0 Å². The first-order chi connectivity index (χ1) is 9.54. The van der Waals surface area contributed by atoms with E-state index in [-0.39, 0.29) is 24.4 Å². The molecule has 4 nitrogen and oxygen atoms in total. The van der Waals surface area contributed by atoms with E-state index in [1.54, 1.807) is 0 Å². The summed E-state index contributed by atoms with van der Waals surface area (Å²) < 4.78 is 5.63. The maximum Gasteiger partial charge on any atom is 0.227 e. The summed E-state index contributed by atoms with van der Waals surface area (Å²) in [4.78, 5) is 14.0. The Morgan fingerprint density at radius 1 is 1.38 bits per heavy atom. The van der Waals surface area contributed by atoms with Gasteiger partial charge in [0.2, 0.25) is 5.91 Å². The lowest BCUT2D eigenvalue weighted by Crippen LogP contribution is -2.32. The van der Waals surface area contributed by atoms with E-state index in [0.717, 1.165) is 24.3 Å². The Kier molecular flexibility index (Phi) is 6.99. The summed E-state index contributed by atoms with van der Waals surface area (Å²) in [7, 11) is 0. The molecule has 2 N–H and O–H groups in total. The van der Waals surface area contributed by atoms with E-state index in [2.05, 4.69) is 13.8 Å². The fraction of sp³-hybridized carbons (Fsp3) is 0.562. The number of amides is 1. The van der Waals surface area contributed by atoms with Crippen LogP contribution in [0.15, 0.2) is 24.3 Å². The third-order valence-corrected chi connectivity index (χ3v) is 3.44. The molecule has 0 unspecified atom stereocenters. The lowest BCUT2D eigenvalue weighted by molar-refractivity contribution is -0.129. The molecule has 0 bridgehead atoms. The standard InChI is InChI=1S/C16H24N2O2.ClH/c1-12(2)11-20-15-5-3-13(4-6-15)9-16(19)18-8-7-14(17)10-18;/h3-6,12,14H,7-11,17H2,1-2H3;1H/t14-;/m1./s1. The number of nitrogens with zero attached hydrogens (tertiary/aromatic N) is 1. The van der Waals surface area contributed by atoms with Crippen LogP contribution in [0.5, 0.6) is 5.75 Å². The van der Waals surface area contributed by atoms with Gasteiger partial charge in [0.05, 0.1) is 13.0 Å². The summed E-state index contributed by atoms with van der Waals surface area (Å²) in [5, 5.41) is 0. The molecule has 1 aliphatic rings. The number of halogens is 1. The zero-order valence-corrected chi connectivity index (χ0v) is 13.6. The predicted octanol–water partition coefficient (Wildman–Crippen LogP) is 2.25. The first kappa shape index (κ1) is 17.8. The normalized spacial score (nSPS) is 17.7. The Labute approximate surface area is 133 Å². The monoisotopic (exact) mass is 312 g/mol. The number of benzene rings is 1. The molecule has 1 aromatic rings. The van der Waals surface area contributed by atoms with Crippen LogP contribution in [-0.4, -0.2) is 36.5 Å². The maximum absolute atomic E-state index is 12.1. The van der Waals surface area contributed by atoms with Crippen molar-refractivity contribution in [3.05, 3.63) is 29.8 Å². The minimum Gasteiger partial charge on any atom is -0.493 e. The lowest BCUT2D eigenvalue weighted by atomic mass is 10.1. The van der Waals surface area contributed by atoms with E-state index in [0.29, 0.717) is 25.5 Å². The molecule has 1 aromatic carbocycles. The number of hydrogen-bond acceptors (Lipinski definition) is 3. The summed E-state index contributed by atoms with van der Waals surface area (Å²) in [6.45, 7) is 6.43. The van der Waals surface area contributed by atoms with Crippen LogP contribution in [-0.2, 0) is 11.2 Å². The Balaban J connectivity index is 0.00000220. The molecule has 0 radical (unpaired) electrons. The van der Waals surface area contributed by atoms with Crippen LogP contribution in [0.25, 0.3) is 0 Å². The summed E-state index contributed by atoms with van der Waals surface area (Å²) in [6, 6.07) is 7.93. The highest BCUT2D eigenvalue weighted by molar-refractivity contribution is 5.85. The minimum absolute atomic E-state index is 0. The van der Waals surface area contributed by atoms with Crippen molar-refractivity contribution in [3.63, 3.8) is 0 Å². The average Bonchev–Trinajstić information content (AvgIpc) is 2.85. The van der Waals surface area contributed by atoms with Crippen molar-refractivity contribution < 1.29 is 9.53 Å². The fourth-order valence-corrected chi connectivity index (χ4v) is 2.27. The third-order valence-electron chi connectivity index (χ3n) is 3.44. The molecule has 1 fully saturated rings. The first-order valence-electron chi connectivity index (χ1n) is 7.29. The van der Waals surface area contributed by atoms with Crippen LogP contribution in [0.3, 0.4) is 0 Å². The van der Waals surface area contributed by atoms with Gasteiger partial charge in [-0.1, -0.05) is 26.0 Å². The van der Waals surface area contributed by atoms with Crippen molar-refractivity contribution in [2.45, 2.75) is 32.7 Å². The number of likely N-dealkylation sites (tertiary alicyclic amines) is 1. The fourth-order valence-electron chi connectivity index (χ4n) is 2.27. The number of ether oxygens (including phenoxy) is 1. The zero-order valence-electron chi connectivity index (χ0n) is 12.7. The van der Waals surface area contributed by atoms with Gasteiger partial charge in [0, 0.05) is 19.1 Å². The van der Waals surface area contributed by atoms with Crippen molar-refractivity contribution in [1.29, 1.82) is 0 Å². The quantitative estimate of drug-likeness (QED) is 0.907. The van der Waals surface area contributed by atoms with Crippen molar-refractivity contribution in [2.24, 2.45) is 11.7 Å². The zero-order chi connectivity index (χ0) is 14.5. The number of carbonyl (C=O) groups excluding carboxylic acids is 1. The molecule has 118 valence electrons. The molecule has 21 heavy (non-hydrogen) atoms. The predicted molar refractivity (Wildman–Crippen MR) is 86.9 cm³/mol. The van der Waals surface area contributed by atoms with Gasteiger partial charge < -0.3 is 15.4 Å². The highest BCUT2D eigenvalue weighted by atomic mass is 35.5. The van der Waals surface area contributed by atoms with E-state index in [1.807, 2.05) is 29.2 Å². The summed E-state index contributed by atoms with van der Waals surface area (Å²) in [5.74, 6) is 1.53. The Morgan fingerprint density at radius 3 is 2.57 bits per heavy atom. The molecule has 0 aliphatic carbocycles. The molecule has 0 spiro atoms. The molecule has 1 aliphatic heterocycles. The second-order valence-corrected chi connectivity index (χ2v) is 5.91. The van der Waals surface area contributed by atoms with E-state index in [4.69, 9.17) is 10.5 Å². The smallest absolute Gasteiger partial charge is 0.227 e. The van der Waals surface area contributed by atoms with Gasteiger partial charge >= 0.3 is 0 Å². The average molecular weight is 313 g/mol. The number of nitrogens with two attached hydrogens (primary N) is 1. The Hall–Kier alpha value is -1.26. The van der Waals surface area contributed by atoms with Gasteiger partial charge in [-0.2, -0.15) is 0 Å². The molecule has 1 atom stereocenters. The maximum atomic E-state index is 12.1. The summed E-state index contributed by atoms with van der Waals surface area (Å²) in [6.07, 6.45) is 1.35. The summed E-state index contributed by atoms with van der Waals surface area (Å²) in [5.41, 5.74) is 6.84. The van der Waals surface area contributed by atoms with Gasteiger partial charge in [-0.25, -0.2) is 0 Å². The van der Waals surface area contributed by atoms with Crippen molar-refractivity contribution in [2.75, 3.05) is 19.7 Å². The van der Waals surface area contributed by atoms with E-state index < -0.39 is 0 Å². The highest BCUT2D eigenvalue weighted by Gasteiger charge is 2.23. The molecule has 0 saturated carbocycles. The molecule has 1 amide bonds. The number of carbonyl (C=O) groups is 1. The van der Waals surface area contributed by atoms with Gasteiger partial charge in [0.15, 0.2) is 0 Å². The third kappa shape index (κ3) is 5.56. The lowest BCUT2D eigenvalue weighted by Gasteiger charge is -2.16. The molecular weight excluding hydrogens is 288 g/mol. The van der Waals surface area contributed by atoms with E-state index >= 15 is 0 Å². The second kappa shape index (κ2) is 8.25. The van der Waals surface area contributed by atoms with Crippen LogP contribution >= 0.6 is 12.4 Å². The molecule has 1 heterocycles. The van der Waals surface area contributed by atoms with Gasteiger partial charge in [-0.3, -0.25) is 4.79 Å². The van der Waals surface area contributed by atoms with E-state index in [9.17, 15) is 4.79 Å². The van der Waals surface area contributed by atoms with Crippen LogP contribution < -0.4 is 10.5 Å². The number of hydrogen-bond donors (Lipinski definition) is 1. The SMILES string of the molecule is CC(C)COc1ccc(CC(=O)N2CC[C@@H](N)C2)cc1.Cl. The van der Waals surface area contributed by atoms with E-state index in [1.165, 1.54) is 0 Å². The van der Waals surface area contributed by atoms with Crippen LogP contribution in [0.4, 0.5) is 0 Å². The largest absolute Gasteiger partial charge is 0.493 e. The Bertz CT molecular complexity index is 448. The van der Waals surface area contributed by atoms with Crippen LogP contribution in [0.2, 0.25) is 0 Å². The van der Waals surface area contributed by atoms with Crippen molar-refractivity contribution in [1.82, 2.24) is 4.90 Å². The Morgan fingerprint density at radius 2 is 2.05 bits per heavy atom. The molecule has 5 heteroatoms. The number of rotatable bonds is 5. The summed E-state index contributed by atoms with van der Waals surface area (Å²) >= 11 is 0. The van der Waals surface area contributed by atoms with Gasteiger partial charge in [0.25, 0.3) is 0 Å². The first-order valence-corrected chi connectivity index (χ1v) is 7.29.